The van der Waals surface area contributed by atoms with Gasteiger partial charge in [0.15, 0.2) is 0 Å². The number of hydrogen-bond acceptors (Lipinski definition) is 6. The van der Waals surface area contributed by atoms with Crippen molar-refractivity contribution in [1.29, 1.82) is 0 Å². The minimum Gasteiger partial charge on any atom is -0.491 e. The minimum atomic E-state index is -0.631. The molecule has 182 valence electrons. The highest BCUT2D eigenvalue weighted by Gasteiger charge is 2.33. The molecule has 1 aliphatic rings. The molecule has 2 heterocycles. The van der Waals surface area contributed by atoms with E-state index in [1.165, 1.54) is 16.0 Å². The number of rotatable bonds is 11. The molecule has 1 aromatic heterocycles. The number of aryl methyl sites for hydroxylation is 1. The van der Waals surface area contributed by atoms with Crippen LogP contribution in [0, 0.1) is 6.92 Å². The Morgan fingerprint density at radius 1 is 1.21 bits per heavy atom. The average molecular weight is 475 g/mol. The molecular formula is C26H38N2O4S. The van der Waals surface area contributed by atoms with Crippen LogP contribution in [0.4, 0.5) is 0 Å². The van der Waals surface area contributed by atoms with Crippen molar-refractivity contribution in [1.82, 2.24) is 9.80 Å². The number of carbonyl (C=O) groups excluding carboxylic acids is 1. The van der Waals surface area contributed by atoms with Crippen molar-refractivity contribution < 1.29 is 19.4 Å². The van der Waals surface area contributed by atoms with Crippen LogP contribution in [0.1, 0.15) is 49.7 Å². The van der Waals surface area contributed by atoms with Gasteiger partial charge in [0, 0.05) is 24.0 Å². The molecule has 33 heavy (non-hydrogen) atoms. The smallest absolute Gasteiger partial charge is 0.237 e. The standard InChI is InChI=1S/C26H38N2O4S/c1-18(2)27(14-21(29)16-31-19(3)4)15-26(30)28-12-10-25-23(11-13-33-25)24(28)17-32-22-8-6-20(5)7-9-22/h6-9,11,13,18-19,21,24,29H,10,12,14-17H2,1-5H3/t21-,24-/m0/s1. The molecular weight excluding hydrogens is 436 g/mol. The molecule has 0 unspecified atom stereocenters. The first-order valence-corrected chi connectivity index (χ1v) is 12.7. The van der Waals surface area contributed by atoms with Gasteiger partial charge in [-0.1, -0.05) is 17.7 Å². The number of aliphatic hydroxyl groups is 1. The zero-order valence-electron chi connectivity index (χ0n) is 20.5. The quantitative estimate of drug-likeness (QED) is 0.532. The first kappa shape index (κ1) is 25.7. The first-order chi connectivity index (χ1) is 15.7. The molecule has 1 amide bonds. The third kappa shape index (κ3) is 7.27. The Morgan fingerprint density at radius 3 is 2.61 bits per heavy atom. The fraction of sp³-hybridized carbons (Fsp3) is 0.577. The maximum absolute atomic E-state index is 13.5. The van der Waals surface area contributed by atoms with Crippen molar-refractivity contribution >= 4 is 17.2 Å². The monoisotopic (exact) mass is 474 g/mol. The number of aliphatic hydroxyl groups excluding tert-OH is 1. The van der Waals surface area contributed by atoms with Crippen molar-refractivity contribution in [3.8, 4) is 5.75 Å². The molecule has 0 radical (unpaired) electrons. The highest BCUT2D eigenvalue weighted by atomic mass is 32.1. The summed E-state index contributed by atoms with van der Waals surface area (Å²) in [6.45, 7) is 12.1. The Labute approximate surface area is 202 Å². The number of ether oxygens (including phenoxy) is 2. The number of nitrogens with zero attached hydrogens (tertiary/aromatic N) is 2. The van der Waals surface area contributed by atoms with Gasteiger partial charge in [0.2, 0.25) is 5.91 Å². The van der Waals surface area contributed by atoms with Crippen LogP contribution < -0.4 is 4.74 Å². The lowest BCUT2D eigenvalue weighted by Gasteiger charge is -2.38. The van der Waals surface area contributed by atoms with Crippen LogP contribution in [0.5, 0.6) is 5.75 Å². The number of amides is 1. The summed E-state index contributed by atoms with van der Waals surface area (Å²) in [6, 6.07) is 10.1. The summed E-state index contributed by atoms with van der Waals surface area (Å²) < 4.78 is 11.7. The Morgan fingerprint density at radius 2 is 1.94 bits per heavy atom. The van der Waals surface area contributed by atoms with Gasteiger partial charge < -0.3 is 19.5 Å². The van der Waals surface area contributed by atoms with E-state index in [0.29, 0.717) is 19.7 Å². The summed E-state index contributed by atoms with van der Waals surface area (Å²) in [6.07, 6.45) is 0.302. The van der Waals surface area contributed by atoms with Crippen LogP contribution >= 0.6 is 11.3 Å². The molecule has 1 aliphatic heterocycles. The van der Waals surface area contributed by atoms with E-state index in [0.717, 1.165) is 12.2 Å². The van der Waals surface area contributed by atoms with E-state index in [1.54, 1.807) is 11.3 Å². The Balaban J connectivity index is 1.68. The fourth-order valence-corrected chi connectivity index (χ4v) is 4.96. The molecule has 6 nitrogen and oxygen atoms in total. The van der Waals surface area contributed by atoms with Crippen LogP contribution in [0.2, 0.25) is 0 Å². The van der Waals surface area contributed by atoms with Gasteiger partial charge in [-0.25, -0.2) is 0 Å². The summed E-state index contributed by atoms with van der Waals surface area (Å²) in [5, 5.41) is 12.5. The van der Waals surface area contributed by atoms with Crippen LogP contribution in [0.15, 0.2) is 35.7 Å². The minimum absolute atomic E-state index is 0.0648. The van der Waals surface area contributed by atoms with Crippen LogP contribution in [0.3, 0.4) is 0 Å². The lowest BCUT2D eigenvalue weighted by molar-refractivity contribution is -0.137. The van der Waals surface area contributed by atoms with Gasteiger partial charge >= 0.3 is 0 Å². The van der Waals surface area contributed by atoms with E-state index in [-0.39, 0.29) is 37.2 Å². The number of carbonyl (C=O) groups is 1. The molecule has 0 bridgehead atoms. The normalized spacial score (nSPS) is 17.0. The molecule has 7 heteroatoms. The Kier molecular flexibility index (Phi) is 9.32. The number of hydrogen-bond donors (Lipinski definition) is 1. The Bertz CT molecular complexity index is 881. The predicted molar refractivity (Wildman–Crippen MR) is 133 cm³/mol. The summed E-state index contributed by atoms with van der Waals surface area (Å²) in [5.41, 5.74) is 2.37. The topological polar surface area (TPSA) is 62.2 Å². The van der Waals surface area contributed by atoms with Gasteiger partial charge in [-0.2, -0.15) is 0 Å². The van der Waals surface area contributed by atoms with Gasteiger partial charge in [0.1, 0.15) is 12.4 Å². The second-order valence-corrected chi connectivity index (χ2v) is 10.3. The van der Waals surface area contributed by atoms with E-state index in [1.807, 2.05) is 47.9 Å². The van der Waals surface area contributed by atoms with E-state index < -0.39 is 6.10 Å². The number of benzene rings is 1. The second kappa shape index (κ2) is 12.0. The lowest BCUT2D eigenvalue weighted by atomic mass is 10.00. The molecule has 2 atom stereocenters. The average Bonchev–Trinajstić information content (AvgIpc) is 3.25. The molecule has 2 aromatic rings. The molecule has 3 rings (SSSR count). The van der Waals surface area contributed by atoms with E-state index >= 15 is 0 Å². The zero-order valence-corrected chi connectivity index (χ0v) is 21.3. The zero-order chi connectivity index (χ0) is 24.0. The molecule has 0 saturated heterocycles. The van der Waals surface area contributed by atoms with Crippen LogP contribution in [0.25, 0.3) is 0 Å². The maximum atomic E-state index is 13.5. The molecule has 0 aliphatic carbocycles. The Hall–Kier alpha value is -1.93. The molecule has 1 aromatic carbocycles. The van der Waals surface area contributed by atoms with E-state index in [4.69, 9.17) is 9.47 Å². The molecule has 0 saturated carbocycles. The van der Waals surface area contributed by atoms with Gasteiger partial charge in [-0.05, 0) is 70.2 Å². The number of thiophene rings is 1. The summed E-state index contributed by atoms with van der Waals surface area (Å²) in [4.78, 5) is 18.8. The third-order valence-electron chi connectivity index (χ3n) is 5.98. The first-order valence-electron chi connectivity index (χ1n) is 11.8. The van der Waals surface area contributed by atoms with Crippen LogP contribution in [-0.4, -0.2) is 71.9 Å². The number of fused-ring (bicyclic) bond motifs is 1. The third-order valence-corrected chi connectivity index (χ3v) is 6.98. The van der Waals surface area contributed by atoms with Crippen molar-refractivity contribution in [2.24, 2.45) is 0 Å². The van der Waals surface area contributed by atoms with Crippen molar-refractivity contribution in [3.05, 3.63) is 51.7 Å². The molecule has 0 fully saturated rings. The molecule has 1 N–H and O–H groups in total. The van der Waals surface area contributed by atoms with Gasteiger partial charge in [0.25, 0.3) is 0 Å². The largest absolute Gasteiger partial charge is 0.491 e. The fourth-order valence-electron chi connectivity index (χ4n) is 4.03. The van der Waals surface area contributed by atoms with E-state index in [9.17, 15) is 9.90 Å². The van der Waals surface area contributed by atoms with Crippen LogP contribution in [-0.2, 0) is 16.0 Å². The molecule has 0 spiro atoms. The highest BCUT2D eigenvalue weighted by Crippen LogP contribution is 2.34. The summed E-state index contributed by atoms with van der Waals surface area (Å²) in [7, 11) is 0. The maximum Gasteiger partial charge on any atom is 0.237 e. The summed E-state index contributed by atoms with van der Waals surface area (Å²) in [5.74, 6) is 0.877. The SMILES string of the molecule is Cc1ccc(OC[C@H]2c3ccsc3CCN2C(=O)CN(C[C@H](O)COC(C)C)C(C)C)cc1. The van der Waals surface area contributed by atoms with E-state index in [2.05, 4.69) is 32.2 Å². The van der Waals surface area contributed by atoms with Gasteiger partial charge in [0.05, 0.1) is 31.4 Å². The van der Waals surface area contributed by atoms with Gasteiger partial charge in [-0.3, -0.25) is 9.69 Å². The van der Waals surface area contributed by atoms with Crippen molar-refractivity contribution in [2.75, 3.05) is 32.8 Å². The van der Waals surface area contributed by atoms with Crippen molar-refractivity contribution in [2.45, 2.75) is 65.3 Å². The van der Waals surface area contributed by atoms with Crippen molar-refractivity contribution in [3.63, 3.8) is 0 Å². The summed E-state index contributed by atoms with van der Waals surface area (Å²) >= 11 is 1.75. The van der Waals surface area contributed by atoms with Gasteiger partial charge in [-0.15, -0.1) is 11.3 Å². The predicted octanol–water partition coefficient (Wildman–Crippen LogP) is 4.06. The lowest BCUT2D eigenvalue weighted by Crippen LogP contribution is -2.49. The second-order valence-electron chi connectivity index (χ2n) is 9.34. The highest BCUT2D eigenvalue weighted by molar-refractivity contribution is 7.10.